The van der Waals surface area contributed by atoms with E-state index in [1.165, 1.54) is 0 Å². The second kappa shape index (κ2) is 4.08. The van der Waals surface area contributed by atoms with E-state index in [-0.39, 0.29) is 12.1 Å². The lowest BCUT2D eigenvalue weighted by Gasteiger charge is -2.15. The molecular formula is C10H12F3NO2. The fourth-order valence-corrected chi connectivity index (χ4v) is 1.52. The second-order valence-electron chi connectivity index (χ2n) is 4.12. The van der Waals surface area contributed by atoms with E-state index in [4.69, 9.17) is 9.63 Å². The van der Waals surface area contributed by atoms with E-state index in [1.807, 2.05) is 0 Å². The minimum atomic E-state index is -4.40. The Morgan fingerprint density at radius 2 is 2.19 bits per heavy atom. The van der Waals surface area contributed by atoms with E-state index in [2.05, 4.69) is 5.16 Å². The molecule has 0 aromatic carbocycles. The van der Waals surface area contributed by atoms with Crippen LogP contribution < -0.4 is 0 Å². The Morgan fingerprint density at radius 1 is 1.50 bits per heavy atom. The molecule has 0 saturated heterocycles. The molecule has 0 spiro atoms. The van der Waals surface area contributed by atoms with E-state index in [9.17, 15) is 13.2 Å². The largest absolute Gasteiger partial charge is 0.396 e. The molecule has 1 heterocycles. The molecule has 2 rings (SSSR count). The molecule has 6 heteroatoms. The summed E-state index contributed by atoms with van der Waals surface area (Å²) in [4.78, 5) is 0. The van der Waals surface area contributed by atoms with Crippen LogP contribution in [-0.4, -0.2) is 23.0 Å². The van der Waals surface area contributed by atoms with Crippen molar-refractivity contribution in [2.75, 3.05) is 6.61 Å². The van der Waals surface area contributed by atoms with Gasteiger partial charge in [-0.3, -0.25) is 0 Å². The van der Waals surface area contributed by atoms with Gasteiger partial charge in [0.05, 0.1) is 18.2 Å². The maximum Gasteiger partial charge on any atom is 0.394 e. The van der Waals surface area contributed by atoms with Crippen molar-refractivity contribution in [3.63, 3.8) is 0 Å². The average Bonchev–Trinajstić information content (AvgIpc) is 2.94. The van der Waals surface area contributed by atoms with Gasteiger partial charge in [0.1, 0.15) is 5.76 Å². The van der Waals surface area contributed by atoms with Crippen molar-refractivity contribution >= 4 is 0 Å². The monoisotopic (exact) mass is 235 g/mol. The molecule has 1 aliphatic carbocycles. The predicted octanol–water partition coefficient (Wildman–Crippen LogP) is 2.27. The van der Waals surface area contributed by atoms with Crippen LogP contribution in [0.4, 0.5) is 13.2 Å². The number of aromatic nitrogens is 1. The van der Waals surface area contributed by atoms with Crippen molar-refractivity contribution in [1.82, 2.24) is 5.16 Å². The zero-order valence-electron chi connectivity index (χ0n) is 8.50. The molecule has 0 bridgehead atoms. The van der Waals surface area contributed by atoms with Gasteiger partial charge >= 0.3 is 6.18 Å². The van der Waals surface area contributed by atoms with E-state index in [0.29, 0.717) is 11.7 Å². The quantitative estimate of drug-likeness (QED) is 0.870. The first-order valence-electron chi connectivity index (χ1n) is 5.13. The molecule has 0 radical (unpaired) electrons. The molecule has 1 aromatic rings. The van der Waals surface area contributed by atoms with Crippen molar-refractivity contribution in [3.05, 3.63) is 17.5 Å². The molecule has 3 nitrogen and oxygen atoms in total. The normalized spacial score (nSPS) is 18.8. The van der Waals surface area contributed by atoms with Crippen LogP contribution in [0.2, 0.25) is 0 Å². The molecule has 0 aliphatic heterocycles. The van der Waals surface area contributed by atoms with Crippen molar-refractivity contribution in [3.8, 4) is 0 Å². The summed E-state index contributed by atoms with van der Waals surface area (Å²) in [5.74, 6) is -0.766. The highest BCUT2D eigenvalue weighted by atomic mass is 19.4. The van der Waals surface area contributed by atoms with Crippen molar-refractivity contribution < 1.29 is 22.8 Å². The minimum absolute atomic E-state index is 0.262. The fourth-order valence-electron chi connectivity index (χ4n) is 1.52. The van der Waals surface area contributed by atoms with Gasteiger partial charge in [-0.15, -0.1) is 0 Å². The number of hydrogen-bond donors (Lipinski definition) is 1. The van der Waals surface area contributed by atoms with Crippen LogP contribution in [0.1, 0.15) is 30.2 Å². The molecule has 1 unspecified atom stereocenters. The number of aliphatic hydroxyl groups excluding tert-OH is 1. The lowest BCUT2D eigenvalue weighted by Crippen LogP contribution is -2.28. The average molecular weight is 235 g/mol. The van der Waals surface area contributed by atoms with Crippen LogP contribution in [0.25, 0.3) is 0 Å². The Balaban J connectivity index is 2.01. The number of halogens is 3. The molecule has 1 atom stereocenters. The molecule has 1 N–H and O–H groups in total. The smallest absolute Gasteiger partial charge is 0.394 e. The molecule has 90 valence electrons. The summed E-state index contributed by atoms with van der Waals surface area (Å²) < 4.78 is 42.0. The van der Waals surface area contributed by atoms with Gasteiger partial charge in [0.25, 0.3) is 0 Å². The van der Waals surface area contributed by atoms with Crippen molar-refractivity contribution in [2.24, 2.45) is 5.92 Å². The van der Waals surface area contributed by atoms with Crippen LogP contribution in [-0.2, 0) is 6.42 Å². The van der Waals surface area contributed by atoms with Gasteiger partial charge < -0.3 is 9.63 Å². The second-order valence-corrected chi connectivity index (χ2v) is 4.12. The molecule has 16 heavy (non-hydrogen) atoms. The van der Waals surface area contributed by atoms with E-state index in [1.54, 1.807) is 6.07 Å². The number of rotatable bonds is 4. The van der Waals surface area contributed by atoms with Gasteiger partial charge in [-0.1, -0.05) is 5.16 Å². The highest BCUT2D eigenvalue weighted by molar-refractivity contribution is 5.15. The third-order valence-corrected chi connectivity index (χ3v) is 2.70. The van der Waals surface area contributed by atoms with Crippen LogP contribution in [0.5, 0.6) is 0 Å². The van der Waals surface area contributed by atoms with Gasteiger partial charge in [0.15, 0.2) is 0 Å². The van der Waals surface area contributed by atoms with Crippen molar-refractivity contribution in [2.45, 2.75) is 31.4 Å². The summed E-state index contributed by atoms with van der Waals surface area (Å²) in [6.07, 6.45) is -2.70. The first-order chi connectivity index (χ1) is 7.50. The van der Waals surface area contributed by atoms with Gasteiger partial charge in [-0.2, -0.15) is 13.2 Å². The first-order valence-corrected chi connectivity index (χ1v) is 5.13. The molecule has 1 aliphatic rings. The Kier molecular flexibility index (Phi) is 2.92. The highest BCUT2D eigenvalue weighted by Gasteiger charge is 2.39. The summed E-state index contributed by atoms with van der Waals surface area (Å²) in [5, 5.41) is 12.3. The third kappa shape index (κ3) is 2.55. The van der Waals surface area contributed by atoms with Crippen LogP contribution >= 0.6 is 0 Å². The summed E-state index contributed by atoms with van der Waals surface area (Å²) in [7, 11) is 0. The summed E-state index contributed by atoms with van der Waals surface area (Å²) in [6, 6.07) is 1.56. The standard InChI is InChI=1S/C10H12F3NO2/c11-10(12,13)7(5-15)3-8-4-9(16-14-8)6-1-2-6/h4,6-7,15H,1-3,5H2. The maximum atomic E-state index is 12.4. The Labute approximate surface area is 90.2 Å². The minimum Gasteiger partial charge on any atom is -0.396 e. The SMILES string of the molecule is OCC(Cc1cc(C2CC2)on1)C(F)(F)F. The summed E-state index contributed by atoms with van der Waals surface area (Å²) in [6.45, 7) is -0.922. The van der Waals surface area contributed by atoms with E-state index >= 15 is 0 Å². The summed E-state index contributed by atoms with van der Waals surface area (Å²) >= 11 is 0. The predicted molar refractivity (Wildman–Crippen MR) is 48.8 cm³/mol. The Bertz CT molecular complexity index is 357. The zero-order valence-corrected chi connectivity index (χ0v) is 8.50. The lowest BCUT2D eigenvalue weighted by molar-refractivity contribution is -0.183. The molecular weight excluding hydrogens is 223 g/mol. The maximum absolute atomic E-state index is 12.4. The van der Waals surface area contributed by atoms with Gasteiger partial charge in [-0.25, -0.2) is 0 Å². The van der Waals surface area contributed by atoms with E-state index in [0.717, 1.165) is 12.8 Å². The van der Waals surface area contributed by atoms with Gasteiger partial charge in [0, 0.05) is 18.4 Å². The Hall–Kier alpha value is -1.04. The van der Waals surface area contributed by atoms with Crippen LogP contribution in [0, 0.1) is 5.92 Å². The number of aliphatic hydroxyl groups is 1. The Morgan fingerprint density at radius 3 is 2.69 bits per heavy atom. The molecule has 1 fully saturated rings. The number of hydrogen-bond acceptors (Lipinski definition) is 3. The topological polar surface area (TPSA) is 46.3 Å². The van der Waals surface area contributed by atoms with Gasteiger partial charge in [0.2, 0.25) is 0 Å². The zero-order chi connectivity index (χ0) is 11.8. The number of alkyl halides is 3. The molecule has 1 saturated carbocycles. The molecule has 0 amide bonds. The van der Waals surface area contributed by atoms with Crippen LogP contribution in [0.15, 0.2) is 10.6 Å². The van der Waals surface area contributed by atoms with Gasteiger partial charge in [-0.05, 0) is 12.8 Å². The third-order valence-electron chi connectivity index (χ3n) is 2.70. The molecule has 1 aromatic heterocycles. The van der Waals surface area contributed by atoms with E-state index < -0.39 is 18.7 Å². The fraction of sp³-hybridized carbons (Fsp3) is 0.700. The van der Waals surface area contributed by atoms with Crippen molar-refractivity contribution in [1.29, 1.82) is 0 Å². The number of nitrogens with zero attached hydrogens (tertiary/aromatic N) is 1. The van der Waals surface area contributed by atoms with Crippen LogP contribution in [0.3, 0.4) is 0 Å². The highest BCUT2D eigenvalue weighted by Crippen LogP contribution is 2.40. The first kappa shape index (κ1) is 11.4. The summed E-state index contributed by atoms with van der Waals surface area (Å²) in [5.41, 5.74) is 0.262. The lowest BCUT2D eigenvalue weighted by atomic mass is 10.0.